The van der Waals surface area contributed by atoms with Crippen LogP contribution in [0, 0.1) is 0 Å². The van der Waals surface area contributed by atoms with Gasteiger partial charge in [0, 0.05) is 16.4 Å². The van der Waals surface area contributed by atoms with Crippen LogP contribution in [0.4, 0.5) is 0 Å². The quantitative estimate of drug-likeness (QED) is 0.312. The van der Waals surface area contributed by atoms with Crippen LogP contribution >= 0.6 is 23.5 Å². The summed E-state index contributed by atoms with van der Waals surface area (Å²) in [6.45, 7) is 0. The number of carbonyl (C=O) groups is 1. The monoisotopic (exact) mass is 418 g/mol. The Balaban J connectivity index is 2.11. The number of hydrogen-bond donors (Lipinski definition) is 0. The molecular formula is C23H16BrOP. The molecule has 1 aromatic heterocycles. The number of hydrogen-bond acceptors (Lipinski definition) is 1. The zero-order chi connectivity index (χ0) is 17.9. The highest BCUT2D eigenvalue weighted by molar-refractivity contribution is 9.11. The lowest BCUT2D eigenvalue weighted by atomic mass is 9.97. The molecule has 126 valence electrons. The van der Waals surface area contributed by atoms with Crippen molar-refractivity contribution < 1.29 is 4.79 Å². The Hall–Kier alpha value is -2.41. The largest absolute Gasteiger partial charge is 0.297 e. The van der Waals surface area contributed by atoms with Gasteiger partial charge in [-0.05, 0) is 32.4 Å². The maximum Gasteiger partial charge on any atom is 0.155 e. The lowest BCUT2D eigenvalue weighted by Crippen LogP contribution is -1.85. The SMILES string of the molecule is O=Cc1c(-c2ccccc2)c(-c2ccccc2)c(Br)p1-c1ccccc1. The van der Waals surface area contributed by atoms with E-state index < -0.39 is 7.53 Å². The molecule has 0 radical (unpaired) electrons. The van der Waals surface area contributed by atoms with E-state index in [-0.39, 0.29) is 0 Å². The molecule has 3 heteroatoms. The van der Waals surface area contributed by atoms with Crippen LogP contribution in [0.2, 0.25) is 0 Å². The van der Waals surface area contributed by atoms with E-state index in [1.54, 1.807) is 0 Å². The maximum atomic E-state index is 12.2. The molecule has 4 aromatic rings. The summed E-state index contributed by atoms with van der Waals surface area (Å²) in [6.07, 6.45) is 1.04. The minimum atomic E-state index is -0.883. The second-order valence-electron chi connectivity index (χ2n) is 5.95. The molecule has 0 bridgehead atoms. The predicted octanol–water partition coefficient (Wildman–Crippen LogP) is 7.57. The molecule has 0 aliphatic rings. The lowest BCUT2D eigenvalue weighted by Gasteiger charge is -2.07. The van der Waals surface area contributed by atoms with Crippen LogP contribution in [0.25, 0.3) is 27.6 Å². The van der Waals surface area contributed by atoms with Gasteiger partial charge in [0.15, 0.2) is 6.29 Å². The molecule has 1 nitrogen and oxygen atoms in total. The number of benzene rings is 3. The molecule has 1 unspecified atom stereocenters. The average Bonchev–Trinajstić information content (AvgIpc) is 3.02. The van der Waals surface area contributed by atoms with Crippen LogP contribution in [0.1, 0.15) is 10.1 Å². The van der Waals surface area contributed by atoms with E-state index in [4.69, 9.17) is 0 Å². The van der Waals surface area contributed by atoms with Crippen molar-refractivity contribution in [2.45, 2.75) is 0 Å². The smallest absolute Gasteiger partial charge is 0.155 e. The van der Waals surface area contributed by atoms with Crippen LogP contribution in [0.15, 0.2) is 95.2 Å². The third kappa shape index (κ3) is 2.96. The second kappa shape index (κ2) is 7.45. The van der Waals surface area contributed by atoms with Gasteiger partial charge in [0.1, 0.15) is 0 Å². The molecule has 3 aromatic carbocycles. The molecule has 0 saturated carbocycles. The number of halogens is 1. The lowest BCUT2D eigenvalue weighted by molar-refractivity contribution is 0.112. The first kappa shape index (κ1) is 17.0. The molecule has 1 atom stereocenters. The Morgan fingerprint density at radius 1 is 0.654 bits per heavy atom. The highest BCUT2D eigenvalue weighted by atomic mass is 79.9. The number of aldehydes is 1. The molecule has 1 heterocycles. The van der Waals surface area contributed by atoms with Crippen LogP contribution < -0.4 is 0 Å². The van der Waals surface area contributed by atoms with Gasteiger partial charge in [-0.1, -0.05) is 98.5 Å². The molecule has 0 saturated heterocycles. The first-order valence-corrected chi connectivity index (χ1v) is 10.5. The topological polar surface area (TPSA) is 17.1 Å². The summed E-state index contributed by atoms with van der Waals surface area (Å²) < 4.78 is 1.10. The Morgan fingerprint density at radius 2 is 1.12 bits per heavy atom. The van der Waals surface area contributed by atoms with Crippen molar-refractivity contribution in [3.05, 3.63) is 100 Å². The Kier molecular flexibility index (Phi) is 4.88. The van der Waals surface area contributed by atoms with Gasteiger partial charge in [-0.2, -0.15) is 0 Å². The summed E-state index contributed by atoms with van der Waals surface area (Å²) in [5.74, 6) is 0. The molecule has 0 aliphatic carbocycles. The fourth-order valence-corrected chi connectivity index (χ4v) is 7.10. The minimum Gasteiger partial charge on any atom is -0.297 e. The third-order valence-electron chi connectivity index (χ3n) is 4.40. The van der Waals surface area contributed by atoms with Crippen molar-refractivity contribution in [3.63, 3.8) is 0 Å². The Morgan fingerprint density at radius 3 is 1.62 bits per heavy atom. The van der Waals surface area contributed by atoms with Crippen LogP contribution in [0.3, 0.4) is 0 Å². The van der Waals surface area contributed by atoms with E-state index in [0.717, 1.165) is 38.0 Å². The van der Waals surface area contributed by atoms with Crippen LogP contribution in [-0.2, 0) is 0 Å². The van der Waals surface area contributed by atoms with Crippen molar-refractivity contribution >= 4 is 29.7 Å². The van der Waals surface area contributed by atoms with E-state index in [2.05, 4.69) is 52.3 Å². The van der Waals surface area contributed by atoms with Gasteiger partial charge in [-0.15, -0.1) is 0 Å². The van der Waals surface area contributed by atoms with Gasteiger partial charge in [-0.3, -0.25) is 4.79 Å². The summed E-state index contributed by atoms with van der Waals surface area (Å²) in [5.41, 5.74) is 4.35. The van der Waals surface area contributed by atoms with Crippen molar-refractivity contribution in [1.29, 1.82) is 0 Å². The highest BCUT2D eigenvalue weighted by Crippen LogP contribution is 2.59. The Bertz CT molecular complexity index is 1040. The van der Waals surface area contributed by atoms with Crippen molar-refractivity contribution in [2.75, 3.05) is 0 Å². The van der Waals surface area contributed by atoms with Gasteiger partial charge >= 0.3 is 0 Å². The molecule has 0 aliphatic heterocycles. The van der Waals surface area contributed by atoms with Gasteiger partial charge in [-0.25, -0.2) is 0 Å². The standard InChI is InChI=1S/C23H16BrOP/c24-23-22(18-12-6-2-7-13-18)21(17-10-4-1-5-11-17)20(16-25)26(23)19-14-8-3-9-15-19/h1-16H. The average molecular weight is 419 g/mol. The van der Waals surface area contributed by atoms with Crippen molar-refractivity contribution in [3.8, 4) is 27.6 Å². The summed E-state index contributed by atoms with van der Waals surface area (Å²) in [6, 6.07) is 30.8. The molecule has 26 heavy (non-hydrogen) atoms. The summed E-state index contributed by atoms with van der Waals surface area (Å²) in [4.78, 5) is 12.2. The molecule has 0 fully saturated rings. The van der Waals surface area contributed by atoms with Gasteiger partial charge in [0.25, 0.3) is 0 Å². The molecule has 0 spiro atoms. The summed E-state index contributed by atoms with van der Waals surface area (Å²) in [5, 5.41) is 2.04. The highest BCUT2D eigenvalue weighted by Gasteiger charge is 2.24. The van der Waals surface area contributed by atoms with Crippen LogP contribution in [0.5, 0.6) is 0 Å². The maximum absolute atomic E-state index is 12.2. The van der Waals surface area contributed by atoms with Crippen molar-refractivity contribution in [1.82, 2.24) is 0 Å². The first-order valence-electron chi connectivity index (χ1n) is 8.37. The summed E-state index contributed by atoms with van der Waals surface area (Å²) in [7, 11) is -0.883. The van der Waals surface area contributed by atoms with E-state index >= 15 is 0 Å². The minimum absolute atomic E-state index is 0.864. The molecule has 4 rings (SSSR count). The molecule has 0 N–H and O–H groups in total. The normalized spacial score (nSPS) is 11.3. The van der Waals surface area contributed by atoms with Crippen LogP contribution in [-0.4, -0.2) is 6.29 Å². The summed E-state index contributed by atoms with van der Waals surface area (Å²) >= 11 is 3.87. The third-order valence-corrected chi connectivity index (χ3v) is 8.10. The van der Waals surface area contributed by atoms with Gasteiger partial charge < -0.3 is 0 Å². The van der Waals surface area contributed by atoms with Crippen molar-refractivity contribution in [2.24, 2.45) is 0 Å². The zero-order valence-electron chi connectivity index (χ0n) is 14.0. The predicted molar refractivity (Wildman–Crippen MR) is 114 cm³/mol. The number of carbonyl (C=O) groups excluding carboxylic acids is 1. The van der Waals surface area contributed by atoms with Gasteiger partial charge in [0.2, 0.25) is 0 Å². The Labute approximate surface area is 162 Å². The van der Waals surface area contributed by atoms with E-state index in [0.29, 0.717) is 0 Å². The zero-order valence-corrected chi connectivity index (χ0v) is 16.5. The fraction of sp³-hybridized carbons (Fsp3) is 0. The van der Waals surface area contributed by atoms with E-state index in [9.17, 15) is 4.79 Å². The fourth-order valence-electron chi connectivity index (χ4n) is 3.27. The number of rotatable bonds is 4. The first-order chi connectivity index (χ1) is 12.8. The molecular weight excluding hydrogens is 403 g/mol. The van der Waals surface area contributed by atoms with E-state index in [1.807, 2.05) is 54.6 Å². The van der Waals surface area contributed by atoms with Gasteiger partial charge in [0.05, 0.1) is 4.20 Å². The second-order valence-corrected chi connectivity index (χ2v) is 9.47. The molecule has 0 amide bonds. The van der Waals surface area contributed by atoms with E-state index in [1.165, 1.54) is 5.30 Å².